The Bertz CT molecular complexity index is 1330. The molecular weight excluding hydrogens is 537 g/mol. The van der Waals surface area contributed by atoms with Crippen molar-refractivity contribution in [2.24, 2.45) is 0 Å². The van der Waals surface area contributed by atoms with E-state index in [0.29, 0.717) is 36.9 Å². The van der Waals surface area contributed by atoms with Crippen molar-refractivity contribution in [3.8, 4) is 0 Å². The fraction of sp³-hybridized carbons (Fsp3) is 0.259. The van der Waals surface area contributed by atoms with Gasteiger partial charge in [-0.1, -0.05) is 57.3 Å². The molecule has 1 N–H and O–H groups in total. The average molecular weight is 559 g/mol. The van der Waals surface area contributed by atoms with E-state index < -0.39 is 11.5 Å². The van der Waals surface area contributed by atoms with Crippen molar-refractivity contribution in [2.75, 3.05) is 4.90 Å². The standard InChI is InChI=1S/C27H22BrCl2NO3/c28-20-8-10-24-22(12-20)27(34,26(33)31(24)15-19-7-9-21(29)13-23(19)30)14-25(32)18-6-5-16-3-1-2-4-17(16)11-18/h5-13,34H,1-4,14-15H2. The van der Waals surface area contributed by atoms with Gasteiger partial charge in [-0.2, -0.15) is 0 Å². The molecule has 0 saturated carbocycles. The first kappa shape index (κ1) is 23.6. The number of Topliss-reactive ketones (excluding diaryl/α,β-unsaturated/α-hetero) is 1. The molecule has 3 aromatic carbocycles. The van der Waals surface area contributed by atoms with Gasteiger partial charge in [0, 0.05) is 25.6 Å². The number of carbonyl (C=O) groups is 2. The molecule has 5 rings (SSSR count). The van der Waals surface area contributed by atoms with Crippen molar-refractivity contribution in [1.29, 1.82) is 0 Å². The molecule has 2 aliphatic rings. The Morgan fingerprint density at radius 1 is 1.00 bits per heavy atom. The van der Waals surface area contributed by atoms with Crippen molar-refractivity contribution in [1.82, 2.24) is 0 Å². The Kier molecular flexibility index (Phi) is 6.32. The van der Waals surface area contributed by atoms with Crippen LogP contribution in [0, 0.1) is 0 Å². The Hall–Kier alpha value is -2.18. The van der Waals surface area contributed by atoms with Gasteiger partial charge in [-0.25, -0.2) is 0 Å². The zero-order valence-electron chi connectivity index (χ0n) is 18.3. The van der Waals surface area contributed by atoms with Gasteiger partial charge in [-0.05, 0) is 78.8 Å². The predicted molar refractivity (Wildman–Crippen MR) is 138 cm³/mol. The van der Waals surface area contributed by atoms with Gasteiger partial charge in [0.25, 0.3) is 5.91 Å². The van der Waals surface area contributed by atoms with E-state index in [1.807, 2.05) is 18.2 Å². The van der Waals surface area contributed by atoms with E-state index in [4.69, 9.17) is 23.2 Å². The molecule has 0 aromatic heterocycles. The first-order chi connectivity index (χ1) is 16.3. The van der Waals surface area contributed by atoms with E-state index in [9.17, 15) is 14.7 Å². The molecule has 1 atom stereocenters. The van der Waals surface area contributed by atoms with Gasteiger partial charge in [-0.15, -0.1) is 0 Å². The summed E-state index contributed by atoms with van der Waals surface area (Å²) in [5.41, 5.74) is 2.67. The van der Waals surface area contributed by atoms with Gasteiger partial charge in [0.2, 0.25) is 0 Å². The van der Waals surface area contributed by atoms with Crippen molar-refractivity contribution in [3.05, 3.63) is 96.9 Å². The summed E-state index contributed by atoms with van der Waals surface area (Å²) in [5.74, 6) is -0.806. The maximum Gasteiger partial charge on any atom is 0.264 e. The van der Waals surface area contributed by atoms with Crippen molar-refractivity contribution in [2.45, 2.75) is 44.2 Å². The normalized spacial score (nSPS) is 19.2. The lowest BCUT2D eigenvalue weighted by Gasteiger charge is -2.23. The molecule has 0 fully saturated rings. The molecule has 3 aromatic rings. The van der Waals surface area contributed by atoms with Crippen LogP contribution < -0.4 is 4.90 Å². The lowest BCUT2D eigenvalue weighted by atomic mass is 9.85. The zero-order valence-corrected chi connectivity index (χ0v) is 21.4. The smallest absolute Gasteiger partial charge is 0.264 e. The second-order valence-corrected chi connectivity index (χ2v) is 10.7. The first-order valence-electron chi connectivity index (χ1n) is 11.2. The van der Waals surface area contributed by atoms with Gasteiger partial charge in [0.05, 0.1) is 18.7 Å². The van der Waals surface area contributed by atoms with Crippen molar-refractivity contribution in [3.63, 3.8) is 0 Å². The highest BCUT2D eigenvalue weighted by molar-refractivity contribution is 9.10. The number of anilines is 1. The lowest BCUT2D eigenvalue weighted by Crippen LogP contribution is -2.41. The summed E-state index contributed by atoms with van der Waals surface area (Å²) in [4.78, 5) is 28.4. The number of hydrogen-bond acceptors (Lipinski definition) is 3. The van der Waals surface area contributed by atoms with E-state index in [0.717, 1.165) is 25.7 Å². The van der Waals surface area contributed by atoms with Crippen LogP contribution in [-0.4, -0.2) is 16.8 Å². The second-order valence-electron chi connectivity index (χ2n) is 8.94. The van der Waals surface area contributed by atoms with Crippen LogP contribution in [0.4, 0.5) is 5.69 Å². The molecule has 1 unspecified atom stereocenters. The topological polar surface area (TPSA) is 57.6 Å². The molecule has 1 aliphatic carbocycles. The SMILES string of the molecule is O=C(CC1(O)C(=O)N(Cc2ccc(Cl)cc2Cl)c2ccc(Br)cc21)c1ccc2c(c1)CCCC2. The van der Waals surface area contributed by atoms with Crippen LogP contribution in [0.25, 0.3) is 0 Å². The molecule has 0 bridgehead atoms. The van der Waals surface area contributed by atoms with E-state index >= 15 is 0 Å². The molecule has 0 spiro atoms. The van der Waals surface area contributed by atoms with Gasteiger partial charge in [0.15, 0.2) is 11.4 Å². The fourth-order valence-electron chi connectivity index (χ4n) is 4.91. The summed E-state index contributed by atoms with van der Waals surface area (Å²) in [6.07, 6.45) is 3.91. The summed E-state index contributed by atoms with van der Waals surface area (Å²) >= 11 is 15.8. The number of hydrogen-bond donors (Lipinski definition) is 1. The number of amides is 1. The Labute approximate surface area is 216 Å². The molecule has 4 nitrogen and oxygen atoms in total. The molecule has 1 aliphatic heterocycles. The quantitative estimate of drug-likeness (QED) is 0.357. The molecule has 1 amide bonds. The van der Waals surface area contributed by atoms with Crippen LogP contribution in [0.15, 0.2) is 59.1 Å². The summed E-state index contributed by atoms with van der Waals surface area (Å²) in [6, 6.07) is 16.1. The highest BCUT2D eigenvalue weighted by atomic mass is 79.9. The number of rotatable bonds is 5. The second kappa shape index (κ2) is 9.12. The van der Waals surface area contributed by atoms with Gasteiger partial charge in [-0.3, -0.25) is 9.59 Å². The minimum absolute atomic E-state index is 0.152. The Balaban J connectivity index is 1.48. The largest absolute Gasteiger partial charge is 0.375 e. The van der Waals surface area contributed by atoms with Crippen LogP contribution in [0.5, 0.6) is 0 Å². The van der Waals surface area contributed by atoms with E-state index in [-0.39, 0.29) is 18.7 Å². The summed E-state index contributed by atoms with van der Waals surface area (Å²) in [6.45, 7) is 0.152. The first-order valence-corrected chi connectivity index (χ1v) is 12.7. The number of fused-ring (bicyclic) bond motifs is 2. The summed E-state index contributed by atoms with van der Waals surface area (Å²) < 4.78 is 0.713. The molecule has 0 radical (unpaired) electrons. The molecule has 34 heavy (non-hydrogen) atoms. The third-order valence-electron chi connectivity index (χ3n) is 6.72. The van der Waals surface area contributed by atoms with E-state index in [1.54, 1.807) is 36.4 Å². The Morgan fingerprint density at radius 3 is 2.53 bits per heavy atom. The number of aryl methyl sites for hydroxylation is 2. The van der Waals surface area contributed by atoms with Gasteiger partial charge >= 0.3 is 0 Å². The highest BCUT2D eigenvalue weighted by Crippen LogP contribution is 2.45. The fourth-order valence-corrected chi connectivity index (χ4v) is 5.74. The molecule has 0 saturated heterocycles. The van der Waals surface area contributed by atoms with Crippen LogP contribution in [0.2, 0.25) is 10.0 Å². The van der Waals surface area contributed by atoms with Crippen molar-refractivity contribution < 1.29 is 14.7 Å². The molecule has 174 valence electrons. The predicted octanol–water partition coefficient (Wildman–Crippen LogP) is 6.64. The number of aliphatic hydroxyl groups is 1. The van der Waals surface area contributed by atoms with E-state index in [1.165, 1.54) is 16.0 Å². The Morgan fingerprint density at radius 2 is 1.76 bits per heavy atom. The van der Waals surface area contributed by atoms with Crippen LogP contribution in [-0.2, 0) is 29.8 Å². The van der Waals surface area contributed by atoms with Crippen LogP contribution in [0.1, 0.15) is 51.9 Å². The van der Waals surface area contributed by atoms with Crippen molar-refractivity contribution >= 4 is 56.5 Å². The summed E-state index contributed by atoms with van der Waals surface area (Å²) in [5, 5.41) is 12.6. The van der Waals surface area contributed by atoms with Crippen LogP contribution >= 0.6 is 39.1 Å². The molecule has 1 heterocycles. The number of carbonyl (C=O) groups excluding carboxylic acids is 2. The van der Waals surface area contributed by atoms with Gasteiger partial charge < -0.3 is 10.0 Å². The third-order valence-corrected chi connectivity index (χ3v) is 7.80. The number of nitrogens with zero attached hydrogens (tertiary/aromatic N) is 1. The lowest BCUT2D eigenvalue weighted by molar-refractivity contribution is -0.136. The third kappa shape index (κ3) is 4.20. The molecular formula is C27H22BrCl2NO3. The number of benzene rings is 3. The average Bonchev–Trinajstić information content (AvgIpc) is 3.01. The van der Waals surface area contributed by atoms with E-state index in [2.05, 4.69) is 15.9 Å². The van der Waals surface area contributed by atoms with Gasteiger partial charge in [0.1, 0.15) is 0 Å². The number of ketones is 1. The minimum Gasteiger partial charge on any atom is -0.375 e. The maximum absolute atomic E-state index is 13.6. The highest BCUT2D eigenvalue weighted by Gasteiger charge is 2.51. The number of halogens is 3. The maximum atomic E-state index is 13.6. The molecule has 7 heteroatoms. The monoisotopic (exact) mass is 557 g/mol. The summed E-state index contributed by atoms with van der Waals surface area (Å²) in [7, 11) is 0. The zero-order chi connectivity index (χ0) is 24.0. The minimum atomic E-state index is -1.97. The van der Waals surface area contributed by atoms with Crippen LogP contribution in [0.3, 0.4) is 0 Å².